The van der Waals surface area contributed by atoms with E-state index in [-0.39, 0.29) is 5.78 Å². The average Bonchev–Trinajstić information content (AvgIpc) is 2.89. The van der Waals surface area contributed by atoms with Gasteiger partial charge < -0.3 is 0 Å². The average molecular weight is 272 g/mol. The number of aromatic nitrogens is 4. The van der Waals surface area contributed by atoms with Crippen LogP contribution in [0.25, 0.3) is 0 Å². The van der Waals surface area contributed by atoms with Crippen LogP contribution in [0.3, 0.4) is 0 Å². The molecule has 0 amide bonds. The van der Waals surface area contributed by atoms with E-state index in [1.165, 1.54) is 0 Å². The molecule has 5 heteroatoms. The van der Waals surface area contributed by atoms with Crippen molar-refractivity contribution in [2.24, 2.45) is 0 Å². The van der Waals surface area contributed by atoms with Crippen LogP contribution < -0.4 is 0 Å². The maximum absolute atomic E-state index is 12.3. The lowest BCUT2D eigenvalue weighted by molar-refractivity contribution is 0.0990. The third-order valence-corrected chi connectivity index (χ3v) is 3.45. The summed E-state index contributed by atoms with van der Waals surface area (Å²) in [6.07, 6.45) is 3.25. The topological polar surface area (TPSA) is 60.7 Å². The quantitative estimate of drug-likeness (QED) is 0.785. The molecule has 0 aliphatic rings. The summed E-state index contributed by atoms with van der Waals surface area (Å²) >= 11 is 0. The maximum Gasteiger partial charge on any atom is 0.170 e. The summed E-state index contributed by atoms with van der Waals surface area (Å²) in [6.45, 7) is 7.86. The van der Waals surface area contributed by atoms with E-state index < -0.39 is 0 Å². The summed E-state index contributed by atoms with van der Waals surface area (Å²) in [5, 5.41) is 12.4. The van der Waals surface area contributed by atoms with Crippen LogP contribution in [0, 0.1) is 13.8 Å². The van der Waals surface area contributed by atoms with Crippen LogP contribution in [-0.2, 0) is 6.42 Å². The van der Waals surface area contributed by atoms with Crippen LogP contribution in [0.1, 0.15) is 53.7 Å². The number of hydrogen-bond acceptors (Lipinski definition) is 4. The van der Waals surface area contributed by atoms with E-state index >= 15 is 0 Å². The van der Waals surface area contributed by atoms with E-state index in [1.807, 2.05) is 23.9 Å². The number of carbonyl (C=O) groups is 1. The molecule has 2 aromatic rings. The molecule has 0 saturated heterocycles. The highest BCUT2D eigenvalue weighted by Gasteiger charge is 2.14. The van der Waals surface area contributed by atoms with Crippen molar-refractivity contribution in [3.8, 4) is 0 Å². The van der Waals surface area contributed by atoms with E-state index in [9.17, 15) is 4.79 Å². The van der Waals surface area contributed by atoms with Gasteiger partial charge in [-0.15, -0.1) is 0 Å². The molecule has 1 unspecified atom stereocenters. The lowest BCUT2D eigenvalue weighted by atomic mass is 10.1. The van der Waals surface area contributed by atoms with Crippen molar-refractivity contribution in [3.05, 3.63) is 41.0 Å². The van der Waals surface area contributed by atoms with Crippen molar-refractivity contribution >= 4 is 5.78 Å². The predicted octanol–water partition coefficient (Wildman–Crippen LogP) is 2.69. The van der Waals surface area contributed by atoms with Gasteiger partial charge in [0, 0.05) is 17.8 Å². The molecule has 0 aliphatic heterocycles. The van der Waals surface area contributed by atoms with Crippen molar-refractivity contribution in [2.45, 2.75) is 46.6 Å². The van der Waals surface area contributed by atoms with Gasteiger partial charge in [-0.3, -0.25) is 9.48 Å². The molecule has 0 aromatic carbocycles. The number of carbonyl (C=O) groups excluding carboxylic acids is 1. The second-order valence-corrected chi connectivity index (χ2v) is 5.13. The second-order valence-electron chi connectivity index (χ2n) is 5.13. The van der Waals surface area contributed by atoms with Crippen LogP contribution in [0.5, 0.6) is 0 Å². The fraction of sp³-hybridized carbons (Fsp3) is 0.467. The summed E-state index contributed by atoms with van der Waals surface area (Å²) < 4.78 is 1.91. The molecule has 2 heterocycles. The Balaban J connectivity index is 2.15. The van der Waals surface area contributed by atoms with Gasteiger partial charge >= 0.3 is 0 Å². The molecule has 0 fully saturated rings. The first kappa shape index (κ1) is 14.4. The highest BCUT2D eigenvalue weighted by atomic mass is 16.1. The van der Waals surface area contributed by atoms with Crippen molar-refractivity contribution in [1.82, 2.24) is 20.0 Å². The highest BCUT2D eigenvalue weighted by molar-refractivity contribution is 5.98. The minimum Gasteiger partial charge on any atom is -0.294 e. The zero-order chi connectivity index (χ0) is 14.7. The fourth-order valence-electron chi connectivity index (χ4n) is 2.00. The molecule has 2 rings (SSSR count). The van der Waals surface area contributed by atoms with Crippen LogP contribution in [0.15, 0.2) is 18.3 Å². The van der Waals surface area contributed by atoms with E-state index in [0.29, 0.717) is 23.7 Å². The molecule has 5 nitrogen and oxygen atoms in total. The van der Waals surface area contributed by atoms with Gasteiger partial charge in [-0.1, -0.05) is 6.92 Å². The Hall–Kier alpha value is -2.04. The van der Waals surface area contributed by atoms with Crippen LogP contribution in [0.4, 0.5) is 0 Å². The third-order valence-electron chi connectivity index (χ3n) is 3.45. The Kier molecular flexibility index (Phi) is 4.27. The van der Waals surface area contributed by atoms with Crippen molar-refractivity contribution in [1.29, 1.82) is 0 Å². The first-order valence-electron chi connectivity index (χ1n) is 6.89. The molecule has 0 radical (unpaired) electrons. The van der Waals surface area contributed by atoms with Gasteiger partial charge in [-0.2, -0.15) is 15.3 Å². The van der Waals surface area contributed by atoms with Gasteiger partial charge in [0.05, 0.1) is 23.5 Å². The van der Waals surface area contributed by atoms with Gasteiger partial charge in [0.1, 0.15) is 0 Å². The summed E-state index contributed by atoms with van der Waals surface area (Å²) in [7, 11) is 0. The van der Waals surface area contributed by atoms with Crippen LogP contribution in [0.2, 0.25) is 0 Å². The highest BCUT2D eigenvalue weighted by Crippen LogP contribution is 2.12. The SMILES string of the molecule is CCC(C)n1ccc(CC(=O)c2cc(C)nnc2C)n1. The Morgan fingerprint density at radius 3 is 2.80 bits per heavy atom. The molecular weight excluding hydrogens is 252 g/mol. The standard InChI is InChI=1S/C15H20N4O/c1-5-11(3)19-7-6-13(18-19)9-15(20)14-8-10(2)16-17-12(14)4/h6-8,11H,5,9H2,1-4H3. The van der Waals surface area contributed by atoms with Crippen molar-refractivity contribution in [3.63, 3.8) is 0 Å². The molecule has 0 saturated carbocycles. The Labute approximate surface area is 119 Å². The molecule has 1 atom stereocenters. The third kappa shape index (κ3) is 3.10. The van der Waals surface area contributed by atoms with Crippen molar-refractivity contribution < 1.29 is 4.79 Å². The number of hydrogen-bond donors (Lipinski definition) is 0. The molecule has 0 aliphatic carbocycles. The molecular formula is C15H20N4O. The predicted molar refractivity (Wildman–Crippen MR) is 76.8 cm³/mol. The number of Topliss-reactive ketones (excluding diaryl/α,β-unsaturated/α-hetero) is 1. The Bertz CT molecular complexity index is 618. The maximum atomic E-state index is 12.3. The van der Waals surface area contributed by atoms with E-state index in [2.05, 4.69) is 29.1 Å². The van der Waals surface area contributed by atoms with Crippen molar-refractivity contribution in [2.75, 3.05) is 0 Å². The molecule has 0 spiro atoms. The van der Waals surface area contributed by atoms with Gasteiger partial charge in [0.15, 0.2) is 5.78 Å². The normalized spacial score (nSPS) is 12.4. The zero-order valence-corrected chi connectivity index (χ0v) is 12.4. The van der Waals surface area contributed by atoms with Gasteiger partial charge in [0.25, 0.3) is 0 Å². The van der Waals surface area contributed by atoms with Gasteiger partial charge in [-0.25, -0.2) is 0 Å². The number of nitrogens with zero attached hydrogens (tertiary/aromatic N) is 4. The minimum absolute atomic E-state index is 0.0369. The summed E-state index contributed by atoms with van der Waals surface area (Å²) in [6, 6.07) is 4.04. The van der Waals surface area contributed by atoms with Gasteiger partial charge in [-0.05, 0) is 39.3 Å². The Morgan fingerprint density at radius 1 is 1.35 bits per heavy atom. The number of ketones is 1. The largest absolute Gasteiger partial charge is 0.294 e. The lowest BCUT2D eigenvalue weighted by Gasteiger charge is -2.08. The number of aryl methyl sites for hydroxylation is 2. The molecule has 20 heavy (non-hydrogen) atoms. The summed E-state index contributed by atoms with van der Waals surface area (Å²) in [5.41, 5.74) is 2.85. The van der Waals surface area contributed by atoms with Gasteiger partial charge in [0.2, 0.25) is 0 Å². The molecule has 0 N–H and O–H groups in total. The minimum atomic E-state index is 0.0369. The summed E-state index contributed by atoms with van der Waals surface area (Å²) in [4.78, 5) is 12.3. The smallest absolute Gasteiger partial charge is 0.170 e. The molecule has 2 aromatic heterocycles. The van der Waals surface area contributed by atoms with E-state index in [1.54, 1.807) is 13.0 Å². The molecule has 0 bridgehead atoms. The van der Waals surface area contributed by atoms with Crippen LogP contribution >= 0.6 is 0 Å². The fourth-order valence-corrected chi connectivity index (χ4v) is 2.00. The Morgan fingerprint density at radius 2 is 2.10 bits per heavy atom. The first-order valence-corrected chi connectivity index (χ1v) is 6.89. The monoisotopic (exact) mass is 272 g/mol. The van der Waals surface area contributed by atoms with E-state index in [4.69, 9.17) is 0 Å². The van der Waals surface area contributed by atoms with Crippen LogP contribution in [-0.4, -0.2) is 25.8 Å². The summed E-state index contributed by atoms with van der Waals surface area (Å²) in [5.74, 6) is 0.0369. The molecule has 106 valence electrons. The lowest BCUT2D eigenvalue weighted by Crippen LogP contribution is -2.10. The second kappa shape index (κ2) is 5.94. The van der Waals surface area contributed by atoms with E-state index in [0.717, 1.165) is 17.8 Å². The first-order chi connectivity index (χ1) is 9.51. The number of rotatable bonds is 5. The zero-order valence-electron chi connectivity index (χ0n) is 12.4.